The number of rotatable bonds is 6. The van der Waals surface area contributed by atoms with Crippen LogP contribution in [-0.4, -0.2) is 15.0 Å². The third-order valence-electron chi connectivity index (χ3n) is 2.37. The van der Waals surface area contributed by atoms with Gasteiger partial charge >= 0.3 is 0 Å². The van der Waals surface area contributed by atoms with Crippen molar-refractivity contribution in [2.75, 3.05) is 0 Å². The highest BCUT2D eigenvalue weighted by atomic mass is 127. The maximum atomic E-state index is 8.97. The number of unbranched alkanes of at least 4 members (excludes halogenated alkanes) is 3. The average molecular weight is 325 g/mol. The minimum Gasteiger partial charge on any atom is -1.00 e. The maximum absolute atomic E-state index is 8.97. The van der Waals surface area contributed by atoms with Crippen molar-refractivity contribution in [2.45, 2.75) is 45.8 Å². The highest BCUT2D eigenvalue weighted by Crippen LogP contribution is 1.98. The predicted octanol–water partition coefficient (Wildman–Crippen LogP) is -2.22. The molecule has 1 N–H and O–H groups in total. The lowest BCUT2D eigenvalue weighted by Gasteiger charge is -1.93. The van der Waals surface area contributed by atoms with Crippen molar-refractivity contribution in [3.05, 3.63) is 11.9 Å². The summed E-state index contributed by atoms with van der Waals surface area (Å²) >= 11 is 0. The molecule has 0 unspecified atom stereocenters. The zero-order chi connectivity index (χ0) is 10.4. The maximum Gasteiger partial charge on any atom is 0.192 e. The minimum atomic E-state index is 0. The topological polar surface area (TPSA) is 41.9 Å². The second-order valence-corrected chi connectivity index (χ2v) is 3.62. The summed E-state index contributed by atoms with van der Waals surface area (Å²) in [6, 6.07) is 0. The first-order valence-corrected chi connectivity index (χ1v) is 5.31. The molecule has 0 aromatic carbocycles. The van der Waals surface area contributed by atoms with E-state index >= 15 is 0 Å². The molecule has 1 aromatic heterocycles. The largest absolute Gasteiger partial charge is 1.00 e. The Morgan fingerprint density at radius 1 is 1.40 bits per heavy atom. The van der Waals surface area contributed by atoms with Gasteiger partial charge in [0.1, 0.15) is 20.2 Å². The lowest BCUT2D eigenvalue weighted by molar-refractivity contribution is -0.755. The molecule has 0 aliphatic rings. The molecule has 0 atom stereocenters. The molecule has 5 heteroatoms. The molecule has 0 spiro atoms. The summed E-state index contributed by atoms with van der Waals surface area (Å²) in [5.74, 6) is 0. The van der Waals surface area contributed by atoms with Crippen LogP contribution in [0.2, 0.25) is 0 Å². The molecule has 1 rings (SSSR count). The van der Waals surface area contributed by atoms with Crippen molar-refractivity contribution in [3.63, 3.8) is 0 Å². The lowest BCUT2D eigenvalue weighted by atomic mass is 10.2. The lowest BCUT2D eigenvalue weighted by Crippen LogP contribution is -3.00. The molecule has 0 saturated carbocycles. The Kier molecular flexibility index (Phi) is 7.95. The molecule has 0 amide bonds. The first-order chi connectivity index (χ1) is 6.77. The predicted molar refractivity (Wildman–Crippen MR) is 53.5 cm³/mol. The summed E-state index contributed by atoms with van der Waals surface area (Å²) in [6.45, 7) is 3.22. The van der Waals surface area contributed by atoms with Crippen LogP contribution in [0.4, 0.5) is 0 Å². The highest BCUT2D eigenvalue weighted by molar-refractivity contribution is 4.85. The Balaban J connectivity index is 0.00000196. The summed E-state index contributed by atoms with van der Waals surface area (Å²) in [4.78, 5) is 0. The number of hydrogen-bond donors (Lipinski definition) is 1. The standard InChI is InChI=1S/C10H20N3O.HI/c1-3-4-5-6-7-13-8-10(9-14)12(2)11-13;/h8,14H,3-7,9H2,1-2H3;1H/q+1;/p-1. The molecule has 0 aliphatic carbocycles. The van der Waals surface area contributed by atoms with Crippen molar-refractivity contribution in [1.82, 2.24) is 9.90 Å². The second kappa shape index (κ2) is 8.04. The van der Waals surface area contributed by atoms with Gasteiger partial charge in [-0.25, -0.2) is 0 Å². The van der Waals surface area contributed by atoms with Crippen LogP contribution in [0.25, 0.3) is 0 Å². The Morgan fingerprint density at radius 3 is 2.67 bits per heavy atom. The third kappa shape index (κ3) is 4.92. The number of aryl methyl sites for hydroxylation is 2. The van der Waals surface area contributed by atoms with E-state index in [2.05, 4.69) is 12.1 Å². The van der Waals surface area contributed by atoms with E-state index in [9.17, 15) is 0 Å². The highest BCUT2D eigenvalue weighted by Gasteiger charge is 2.10. The molecule has 0 fully saturated rings. The first-order valence-electron chi connectivity index (χ1n) is 5.31. The zero-order valence-electron chi connectivity index (χ0n) is 9.49. The number of hydrogen-bond acceptors (Lipinski definition) is 2. The fourth-order valence-electron chi connectivity index (χ4n) is 1.46. The van der Waals surface area contributed by atoms with E-state index in [0.29, 0.717) is 0 Å². The molecule has 0 aliphatic heterocycles. The summed E-state index contributed by atoms with van der Waals surface area (Å²) in [5.41, 5.74) is 0.862. The van der Waals surface area contributed by atoms with E-state index in [-0.39, 0.29) is 30.6 Å². The normalized spacial score (nSPS) is 10.1. The van der Waals surface area contributed by atoms with Gasteiger partial charge in [0, 0.05) is 0 Å². The third-order valence-corrected chi connectivity index (χ3v) is 2.37. The summed E-state index contributed by atoms with van der Waals surface area (Å²) in [6.07, 6.45) is 6.88. The quantitative estimate of drug-likeness (QED) is 0.366. The van der Waals surface area contributed by atoms with Gasteiger partial charge < -0.3 is 29.1 Å². The molecule has 1 heterocycles. The number of halogens is 1. The number of aromatic nitrogens is 3. The Morgan fingerprint density at radius 2 is 2.13 bits per heavy atom. The zero-order valence-corrected chi connectivity index (χ0v) is 11.6. The van der Waals surface area contributed by atoms with Gasteiger partial charge in [0.25, 0.3) is 0 Å². The smallest absolute Gasteiger partial charge is 0.192 e. The fourth-order valence-corrected chi connectivity index (χ4v) is 1.46. The van der Waals surface area contributed by atoms with Gasteiger partial charge in [0.2, 0.25) is 0 Å². The van der Waals surface area contributed by atoms with Gasteiger partial charge in [-0.15, -0.1) is 9.36 Å². The monoisotopic (exact) mass is 325 g/mol. The van der Waals surface area contributed by atoms with Crippen molar-refractivity contribution in [2.24, 2.45) is 7.05 Å². The molecular formula is C10H20IN3O. The van der Waals surface area contributed by atoms with Gasteiger partial charge in [0.15, 0.2) is 11.9 Å². The average Bonchev–Trinajstić information content (AvgIpc) is 2.54. The van der Waals surface area contributed by atoms with Crippen LogP contribution in [0.1, 0.15) is 38.3 Å². The minimum absolute atomic E-state index is 0. The van der Waals surface area contributed by atoms with Gasteiger partial charge in [0.05, 0.1) is 5.21 Å². The summed E-state index contributed by atoms with van der Waals surface area (Å²) in [7, 11) is 1.86. The van der Waals surface area contributed by atoms with E-state index in [1.54, 1.807) is 4.68 Å². The molecule has 0 radical (unpaired) electrons. The number of aliphatic hydroxyl groups is 1. The van der Waals surface area contributed by atoms with Crippen LogP contribution >= 0.6 is 0 Å². The molecule has 1 aromatic rings. The van der Waals surface area contributed by atoms with E-state index < -0.39 is 0 Å². The van der Waals surface area contributed by atoms with Crippen LogP contribution in [0.3, 0.4) is 0 Å². The van der Waals surface area contributed by atoms with Crippen LogP contribution in [-0.2, 0) is 20.2 Å². The van der Waals surface area contributed by atoms with Gasteiger partial charge in [-0.05, 0) is 12.8 Å². The van der Waals surface area contributed by atoms with Crippen LogP contribution in [0, 0.1) is 0 Å². The van der Waals surface area contributed by atoms with Crippen molar-refractivity contribution >= 4 is 0 Å². The summed E-state index contributed by atoms with van der Waals surface area (Å²) < 4.78 is 3.63. The molecular weight excluding hydrogens is 305 g/mol. The van der Waals surface area contributed by atoms with E-state index in [4.69, 9.17) is 5.11 Å². The summed E-state index contributed by atoms with van der Waals surface area (Å²) in [5, 5.41) is 13.2. The van der Waals surface area contributed by atoms with Crippen LogP contribution in [0.15, 0.2) is 6.20 Å². The number of aliphatic hydroxyl groups excluding tert-OH is 1. The van der Waals surface area contributed by atoms with Crippen molar-refractivity contribution in [1.29, 1.82) is 0 Å². The van der Waals surface area contributed by atoms with Crippen molar-refractivity contribution in [3.8, 4) is 0 Å². The van der Waals surface area contributed by atoms with Gasteiger partial charge in [-0.1, -0.05) is 19.8 Å². The molecule has 4 nitrogen and oxygen atoms in total. The molecule has 88 valence electrons. The molecule has 15 heavy (non-hydrogen) atoms. The molecule has 0 bridgehead atoms. The van der Waals surface area contributed by atoms with E-state index in [0.717, 1.165) is 12.2 Å². The Hall–Kier alpha value is -0.170. The van der Waals surface area contributed by atoms with E-state index in [1.807, 2.05) is 17.9 Å². The second-order valence-electron chi connectivity index (χ2n) is 3.62. The van der Waals surface area contributed by atoms with Crippen LogP contribution in [0.5, 0.6) is 0 Å². The van der Waals surface area contributed by atoms with Crippen LogP contribution < -0.4 is 28.7 Å². The van der Waals surface area contributed by atoms with Gasteiger partial charge in [-0.2, -0.15) is 0 Å². The number of nitrogens with zero attached hydrogens (tertiary/aromatic N) is 3. The first kappa shape index (κ1) is 14.8. The van der Waals surface area contributed by atoms with Gasteiger partial charge in [-0.3, -0.25) is 0 Å². The van der Waals surface area contributed by atoms with Crippen molar-refractivity contribution < 1.29 is 33.8 Å². The van der Waals surface area contributed by atoms with E-state index in [1.165, 1.54) is 25.7 Å². The molecule has 0 saturated heterocycles. The SMILES string of the molecule is CCCCCC[n+]1cc(CO)n(C)n1.[I-]. The Bertz CT molecular complexity index is 276. The Labute approximate surface area is 108 Å². The fraction of sp³-hybridized carbons (Fsp3) is 0.800.